The number of benzene rings is 4. The number of ketones is 1. The fraction of sp³-hybridized carbons (Fsp3) is 0.182. The summed E-state index contributed by atoms with van der Waals surface area (Å²) in [6, 6.07) is 34.6. The second-order valence-electron chi connectivity index (χ2n) is 9.37. The summed E-state index contributed by atoms with van der Waals surface area (Å²) in [7, 11) is 0. The summed E-state index contributed by atoms with van der Waals surface area (Å²) in [6.07, 6.45) is 2.36. The Bertz CT molecular complexity index is 1240. The van der Waals surface area contributed by atoms with Gasteiger partial charge in [0, 0.05) is 23.5 Å². The highest BCUT2D eigenvalue weighted by atomic mass is 16.1. The van der Waals surface area contributed by atoms with Crippen LogP contribution in [0.3, 0.4) is 0 Å². The Morgan fingerprint density at radius 3 is 1.34 bits per heavy atom. The molecule has 0 aliphatic heterocycles. The molecule has 0 saturated heterocycles. The molecule has 35 heavy (non-hydrogen) atoms. The third kappa shape index (κ3) is 6.36. The first-order valence-electron chi connectivity index (χ1n) is 12.2. The monoisotopic (exact) mass is 459 g/mol. The molecule has 0 fully saturated rings. The van der Waals surface area contributed by atoms with Gasteiger partial charge in [-0.2, -0.15) is 0 Å². The molecule has 0 aliphatic carbocycles. The molecular weight excluding hydrogens is 426 g/mol. The summed E-state index contributed by atoms with van der Waals surface area (Å²) < 4.78 is 0. The van der Waals surface area contributed by atoms with Gasteiger partial charge in [0.05, 0.1) is 0 Å². The zero-order valence-corrected chi connectivity index (χ0v) is 20.9. The van der Waals surface area contributed by atoms with E-state index in [9.17, 15) is 4.79 Å². The van der Waals surface area contributed by atoms with Crippen molar-refractivity contribution in [1.82, 2.24) is 0 Å². The van der Waals surface area contributed by atoms with Crippen molar-refractivity contribution < 1.29 is 4.79 Å². The minimum absolute atomic E-state index is 0.100. The van der Waals surface area contributed by atoms with Crippen molar-refractivity contribution in [2.24, 2.45) is 0 Å². The normalized spacial score (nSPS) is 10.7. The topological polar surface area (TPSA) is 20.3 Å². The first-order chi connectivity index (χ1) is 16.9. The van der Waals surface area contributed by atoms with Gasteiger partial charge in [-0.1, -0.05) is 78.4 Å². The molecule has 0 spiro atoms. The zero-order chi connectivity index (χ0) is 24.8. The minimum Gasteiger partial charge on any atom is -0.311 e. The van der Waals surface area contributed by atoms with Crippen molar-refractivity contribution in [3.63, 3.8) is 0 Å². The van der Waals surface area contributed by atoms with Gasteiger partial charge in [0.1, 0.15) is 0 Å². The Morgan fingerprint density at radius 2 is 0.943 bits per heavy atom. The van der Waals surface area contributed by atoms with Crippen LogP contribution >= 0.6 is 0 Å². The number of hydrogen-bond acceptors (Lipinski definition) is 2. The number of Topliss-reactive ketones (excluding diaryl/α,β-unsaturated/α-hetero) is 1. The van der Waals surface area contributed by atoms with Crippen molar-refractivity contribution in [3.05, 3.63) is 137 Å². The van der Waals surface area contributed by atoms with Crippen molar-refractivity contribution in [3.8, 4) is 0 Å². The van der Waals surface area contributed by atoms with Gasteiger partial charge in [-0.15, -0.1) is 0 Å². The van der Waals surface area contributed by atoms with Crippen molar-refractivity contribution in [2.75, 3.05) is 4.90 Å². The Labute approximate surface area is 209 Å². The average molecular weight is 460 g/mol. The first kappa shape index (κ1) is 24.2. The van der Waals surface area contributed by atoms with Gasteiger partial charge >= 0.3 is 0 Å². The van der Waals surface area contributed by atoms with Crippen molar-refractivity contribution in [1.29, 1.82) is 0 Å². The van der Waals surface area contributed by atoms with Crippen LogP contribution in [0, 0.1) is 13.8 Å². The number of rotatable bonds is 9. The van der Waals surface area contributed by atoms with Crippen LogP contribution in [0.25, 0.3) is 0 Å². The van der Waals surface area contributed by atoms with Gasteiger partial charge in [0.25, 0.3) is 0 Å². The molecule has 0 radical (unpaired) electrons. The smallest absolute Gasteiger partial charge is 0.162 e. The molecule has 0 bridgehead atoms. The zero-order valence-electron chi connectivity index (χ0n) is 20.9. The van der Waals surface area contributed by atoms with Crippen LogP contribution < -0.4 is 4.90 Å². The molecule has 0 unspecified atom stereocenters. The van der Waals surface area contributed by atoms with E-state index in [-0.39, 0.29) is 5.78 Å². The molecule has 0 aromatic heterocycles. The number of anilines is 3. The molecule has 0 aliphatic rings. The second kappa shape index (κ2) is 11.0. The summed E-state index contributed by atoms with van der Waals surface area (Å²) >= 11 is 0. The van der Waals surface area contributed by atoms with Gasteiger partial charge in [-0.3, -0.25) is 4.79 Å². The number of hydrogen-bond donors (Lipinski definition) is 0. The number of carbonyl (C=O) groups is 1. The lowest BCUT2D eigenvalue weighted by molar-refractivity contribution is -0.114. The Kier molecular flexibility index (Phi) is 7.62. The van der Waals surface area contributed by atoms with Gasteiger partial charge in [0.2, 0.25) is 0 Å². The minimum atomic E-state index is 0.100. The molecule has 2 nitrogen and oxygen atoms in total. The molecule has 4 rings (SSSR count). The van der Waals surface area contributed by atoms with Crippen molar-refractivity contribution in [2.45, 2.75) is 40.0 Å². The molecular formula is C33H33NO. The SMILES string of the molecule is C=C(C)C(=O)Cc1ccc(CCc2ccc(N(c3ccc(C)cc3)c3ccc(C)cc3)cc2)cc1. The van der Waals surface area contributed by atoms with Crippen LogP contribution in [0.1, 0.15) is 34.7 Å². The maximum Gasteiger partial charge on any atom is 0.162 e. The fourth-order valence-corrected chi connectivity index (χ4v) is 4.10. The molecule has 4 aromatic rings. The third-order valence-corrected chi connectivity index (χ3v) is 6.34. The number of aryl methyl sites for hydroxylation is 4. The predicted octanol–water partition coefficient (Wildman–Crippen LogP) is 8.25. The summed E-state index contributed by atoms with van der Waals surface area (Å²) in [4.78, 5) is 14.2. The Morgan fingerprint density at radius 1 is 0.600 bits per heavy atom. The highest BCUT2D eigenvalue weighted by molar-refractivity contribution is 5.95. The largest absolute Gasteiger partial charge is 0.311 e. The molecule has 176 valence electrons. The highest BCUT2D eigenvalue weighted by Gasteiger charge is 2.12. The molecule has 0 atom stereocenters. The van der Waals surface area contributed by atoms with E-state index in [1.807, 2.05) is 0 Å². The molecule has 0 amide bonds. The van der Waals surface area contributed by atoms with E-state index in [1.165, 1.54) is 22.3 Å². The fourth-order valence-electron chi connectivity index (χ4n) is 4.10. The van der Waals surface area contributed by atoms with E-state index >= 15 is 0 Å². The van der Waals surface area contributed by atoms with Gasteiger partial charge < -0.3 is 4.90 Å². The summed E-state index contributed by atoms with van der Waals surface area (Å²) in [5.41, 5.74) is 10.2. The van der Waals surface area contributed by atoms with Crippen LogP contribution in [0.15, 0.2) is 109 Å². The van der Waals surface area contributed by atoms with Crippen LogP contribution in [-0.4, -0.2) is 5.78 Å². The van der Waals surface area contributed by atoms with Crippen LogP contribution in [0.5, 0.6) is 0 Å². The number of nitrogens with zero attached hydrogens (tertiary/aromatic N) is 1. The summed E-state index contributed by atoms with van der Waals surface area (Å²) in [5.74, 6) is 0.100. The van der Waals surface area contributed by atoms with Crippen LogP contribution in [-0.2, 0) is 24.1 Å². The first-order valence-corrected chi connectivity index (χ1v) is 12.2. The summed E-state index contributed by atoms with van der Waals surface area (Å²) in [6.45, 7) is 9.73. The average Bonchev–Trinajstić information content (AvgIpc) is 2.87. The third-order valence-electron chi connectivity index (χ3n) is 6.34. The highest BCUT2D eigenvalue weighted by Crippen LogP contribution is 2.34. The lowest BCUT2D eigenvalue weighted by Gasteiger charge is -2.26. The molecule has 2 heteroatoms. The molecule has 0 N–H and O–H groups in total. The predicted molar refractivity (Wildman–Crippen MR) is 148 cm³/mol. The van der Waals surface area contributed by atoms with Gasteiger partial charge in [-0.05, 0) is 92.3 Å². The van der Waals surface area contributed by atoms with E-state index in [1.54, 1.807) is 6.92 Å². The van der Waals surface area contributed by atoms with E-state index in [2.05, 4.69) is 122 Å². The lowest BCUT2D eigenvalue weighted by atomic mass is 10.00. The van der Waals surface area contributed by atoms with Gasteiger partial charge in [-0.25, -0.2) is 0 Å². The standard InChI is InChI=1S/C33H33NO/c1-24(2)33(35)23-29-13-11-27(12-14-29)9-10-28-15-21-32(22-16-28)34(30-17-5-25(3)6-18-30)31-19-7-26(4)8-20-31/h5-8,11-22H,1,9-10,23H2,2-4H3. The summed E-state index contributed by atoms with van der Waals surface area (Å²) in [5, 5.41) is 0. The maximum absolute atomic E-state index is 11.9. The number of allylic oxidation sites excluding steroid dienone is 1. The Hall–Kier alpha value is -3.91. The second-order valence-corrected chi connectivity index (χ2v) is 9.37. The Balaban J connectivity index is 1.47. The molecule has 0 saturated carbocycles. The van der Waals surface area contributed by atoms with E-state index in [0.717, 1.165) is 35.5 Å². The van der Waals surface area contributed by atoms with E-state index in [4.69, 9.17) is 0 Å². The quantitative estimate of drug-likeness (QED) is 0.235. The van der Waals surface area contributed by atoms with Crippen LogP contribution in [0.4, 0.5) is 17.1 Å². The maximum atomic E-state index is 11.9. The lowest BCUT2D eigenvalue weighted by Crippen LogP contribution is -2.10. The van der Waals surface area contributed by atoms with E-state index < -0.39 is 0 Å². The van der Waals surface area contributed by atoms with Gasteiger partial charge in [0.15, 0.2) is 5.78 Å². The van der Waals surface area contributed by atoms with Crippen LogP contribution in [0.2, 0.25) is 0 Å². The van der Waals surface area contributed by atoms with Crippen molar-refractivity contribution >= 4 is 22.8 Å². The van der Waals surface area contributed by atoms with E-state index in [0.29, 0.717) is 12.0 Å². The molecule has 0 heterocycles. The molecule has 4 aromatic carbocycles. The number of carbonyl (C=O) groups excluding carboxylic acids is 1.